The topological polar surface area (TPSA) is 95.9 Å². The van der Waals surface area contributed by atoms with E-state index in [0.717, 1.165) is 19.0 Å². The highest BCUT2D eigenvalue weighted by atomic mass is 32.2. The Morgan fingerprint density at radius 2 is 2.19 bits per heavy atom. The van der Waals surface area contributed by atoms with Crippen LogP contribution in [0.15, 0.2) is 23.1 Å². The van der Waals surface area contributed by atoms with Crippen molar-refractivity contribution in [2.45, 2.75) is 17.4 Å². The van der Waals surface area contributed by atoms with Crippen LogP contribution >= 0.6 is 0 Å². The third-order valence-electron chi connectivity index (χ3n) is 3.41. The molecule has 2 rings (SSSR count). The van der Waals surface area contributed by atoms with Crippen LogP contribution in [-0.4, -0.2) is 57.7 Å². The summed E-state index contributed by atoms with van der Waals surface area (Å²) in [5.74, 6) is -1.06. The minimum Gasteiger partial charge on any atom is -0.495 e. The molecule has 21 heavy (non-hydrogen) atoms. The molecule has 2 N–H and O–H groups in total. The first-order valence-corrected chi connectivity index (χ1v) is 7.94. The van der Waals surface area contributed by atoms with Crippen molar-refractivity contribution < 1.29 is 23.1 Å². The number of carbonyl (C=O) groups is 1. The van der Waals surface area contributed by atoms with Gasteiger partial charge in [0.1, 0.15) is 10.6 Å². The zero-order chi connectivity index (χ0) is 15.6. The van der Waals surface area contributed by atoms with Gasteiger partial charge in [0.25, 0.3) is 0 Å². The number of sulfonamides is 1. The van der Waals surface area contributed by atoms with Gasteiger partial charge in [-0.1, -0.05) is 0 Å². The molecule has 1 heterocycles. The average Bonchev–Trinajstić information content (AvgIpc) is 2.82. The summed E-state index contributed by atoms with van der Waals surface area (Å²) >= 11 is 0. The molecule has 0 spiro atoms. The van der Waals surface area contributed by atoms with Gasteiger partial charge < -0.3 is 14.7 Å². The first-order valence-electron chi connectivity index (χ1n) is 6.45. The highest BCUT2D eigenvalue weighted by molar-refractivity contribution is 7.89. The van der Waals surface area contributed by atoms with Crippen LogP contribution in [0.1, 0.15) is 16.8 Å². The van der Waals surface area contributed by atoms with E-state index in [1.165, 1.54) is 19.2 Å². The predicted octanol–water partition coefficient (Wildman–Crippen LogP) is 0.376. The molecule has 8 heteroatoms. The van der Waals surface area contributed by atoms with Gasteiger partial charge in [-0.05, 0) is 38.2 Å². The van der Waals surface area contributed by atoms with Crippen molar-refractivity contribution in [2.75, 3.05) is 27.2 Å². The molecule has 0 saturated carbocycles. The zero-order valence-corrected chi connectivity index (χ0v) is 12.7. The van der Waals surface area contributed by atoms with Crippen molar-refractivity contribution in [3.63, 3.8) is 0 Å². The number of benzene rings is 1. The molecule has 0 aliphatic carbocycles. The van der Waals surface area contributed by atoms with Crippen molar-refractivity contribution in [1.82, 2.24) is 9.62 Å². The number of hydrogen-bond acceptors (Lipinski definition) is 5. The monoisotopic (exact) mass is 314 g/mol. The van der Waals surface area contributed by atoms with E-state index in [-0.39, 0.29) is 22.3 Å². The summed E-state index contributed by atoms with van der Waals surface area (Å²) in [4.78, 5) is 12.9. The average molecular weight is 314 g/mol. The Morgan fingerprint density at radius 1 is 1.48 bits per heavy atom. The number of methoxy groups -OCH3 is 1. The molecule has 0 aromatic heterocycles. The van der Waals surface area contributed by atoms with Crippen LogP contribution in [0.25, 0.3) is 0 Å². The minimum absolute atomic E-state index is 0.0975. The number of ether oxygens (including phenoxy) is 1. The Kier molecular flexibility index (Phi) is 4.50. The molecule has 1 aliphatic heterocycles. The van der Waals surface area contributed by atoms with Gasteiger partial charge >= 0.3 is 5.97 Å². The number of nitrogens with one attached hydrogen (secondary N) is 1. The molecular formula is C13H18N2O5S. The molecule has 1 aromatic rings. The molecule has 116 valence electrons. The van der Waals surface area contributed by atoms with Crippen molar-refractivity contribution in [3.8, 4) is 5.75 Å². The molecule has 0 bridgehead atoms. The van der Waals surface area contributed by atoms with Gasteiger partial charge in [0, 0.05) is 12.6 Å². The molecule has 1 unspecified atom stereocenters. The number of carboxylic acid groups (broad SMARTS) is 1. The number of likely N-dealkylation sites (N-methyl/N-ethyl adjacent to an activating group) is 1. The molecule has 0 radical (unpaired) electrons. The van der Waals surface area contributed by atoms with Gasteiger partial charge in [-0.15, -0.1) is 0 Å². The van der Waals surface area contributed by atoms with E-state index in [4.69, 9.17) is 9.84 Å². The molecule has 1 saturated heterocycles. The van der Waals surface area contributed by atoms with Gasteiger partial charge in [-0.3, -0.25) is 0 Å². The van der Waals surface area contributed by atoms with Crippen molar-refractivity contribution in [2.24, 2.45) is 0 Å². The Morgan fingerprint density at radius 3 is 2.71 bits per heavy atom. The third-order valence-corrected chi connectivity index (χ3v) is 4.95. The number of nitrogens with zero attached hydrogens (tertiary/aromatic N) is 1. The van der Waals surface area contributed by atoms with E-state index in [0.29, 0.717) is 6.54 Å². The third kappa shape index (κ3) is 3.52. The van der Waals surface area contributed by atoms with E-state index in [1.807, 2.05) is 11.9 Å². The maximum Gasteiger partial charge on any atom is 0.335 e. The lowest BCUT2D eigenvalue weighted by atomic mass is 10.2. The smallest absolute Gasteiger partial charge is 0.335 e. The van der Waals surface area contributed by atoms with Gasteiger partial charge in [-0.25, -0.2) is 17.9 Å². The van der Waals surface area contributed by atoms with E-state index in [1.54, 1.807) is 0 Å². The Balaban J connectivity index is 2.33. The highest BCUT2D eigenvalue weighted by Gasteiger charge is 2.28. The van der Waals surface area contributed by atoms with Crippen LogP contribution in [0.3, 0.4) is 0 Å². The molecule has 1 atom stereocenters. The number of carboxylic acids is 1. The van der Waals surface area contributed by atoms with Crippen LogP contribution in [0.2, 0.25) is 0 Å². The lowest BCUT2D eigenvalue weighted by molar-refractivity contribution is 0.0696. The number of rotatable bonds is 5. The van der Waals surface area contributed by atoms with Gasteiger partial charge in [-0.2, -0.15) is 0 Å². The van der Waals surface area contributed by atoms with Crippen LogP contribution in [0, 0.1) is 0 Å². The number of aromatic carboxylic acids is 1. The Labute approximate surface area is 123 Å². The van der Waals surface area contributed by atoms with Crippen molar-refractivity contribution in [3.05, 3.63) is 23.8 Å². The summed E-state index contributed by atoms with van der Waals surface area (Å²) in [5, 5.41) is 8.99. The van der Waals surface area contributed by atoms with Crippen molar-refractivity contribution in [1.29, 1.82) is 0 Å². The SMILES string of the molecule is COc1ccc(C(=O)O)cc1S(=O)(=O)NC1CCN(C)C1. The first-order chi connectivity index (χ1) is 9.83. The molecule has 0 amide bonds. The maximum absolute atomic E-state index is 12.4. The second-order valence-electron chi connectivity index (χ2n) is 5.04. The predicted molar refractivity (Wildman–Crippen MR) is 76.2 cm³/mol. The molecule has 7 nitrogen and oxygen atoms in total. The summed E-state index contributed by atoms with van der Waals surface area (Å²) in [7, 11) is -0.569. The lowest BCUT2D eigenvalue weighted by Crippen LogP contribution is -2.36. The van der Waals surface area contributed by atoms with E-state index in [2.05, 4.69) is 4.72 Å². The van der Waals surface area contributed by atoms with Gasteiger partial charge in [0.2, 0.25) is 10.0 Å². The van der Waals surface area contributed by atoms with Crippen LogP contribution < -0.4 is 9.46 Å². The minimum atomic E-state index is -3.83. The molecular weight excluding hydrogens is 296 g/mol. The molecule has 1 aromatic carbocycles. The fourth-order valence-electron chi connectivity index (χ4n) is 2.33. The van der Waals surface area contributed by atoms with E-state index in [9.17, 15) is 13.2 Å². The maximum atomic E-state index is 12.4. The fraction of sp³-hybridized carbons (Fsp3) is 0.462. The van der Waals surface area contributed by atoms with Crippen LogP contribution in [-0.2, 0) is 10.0 Å². The van der Waals surface area contributed by atoms with Crippen molar-refractivity contribution >= 4 is 16.0 Å². The number of likely N-dealkylation sites (tertiary alicyclic amines) is 1. The first kappa shape index (κ1) is 15.7. The summed E-state index contributed by atoms with van der Waals surface area (Å²) in [6, 6.07) is 3.59. The lowest BCUT2D eigenvalue weighted by Gasteiger charge is -2.15. The summed E-state index contributed by atoms with van der Waals surface area (Å²) < 4.78 is 32.5. The number of hydrogen-bond donors (Lipinski definition) is 2. The van der Waals surface area contributed by atoms with Crippen LogP contribution in [0.5, 0.6) is 5.75 Å². The summed E-state index contributed by atoms with van der Waals surface area (Å²) in [6.45, 7) is 1.44. The standard InChI is InChI=1S/C13H18N2O5S/c1-15-6-5-10(8-15)14-21(18,19)12-7-9(13(16)17)3-4-11(12)20-2/h3-4,7,10,14H,5-6,8H2,1-2H3,(H,16,17). The molecule has 1 aliphatic rings. The van der Waals surface area contributed by atoms with Gasteiger partial charge in [0.05, 0.1) is 12.7 Å². The quantitative estimate of drug-likeness (QED) is 0.815. The fourth-order valence-corrected chi connectivity index (χ4v) is 3.79. The molecule has 1 fully saturated rings. The van der Waals surface area contributed by atoms with E-state index < -0.39 is 16.0 Å². The Bertz CT molecular complexity index is 644. The van der Waals surface area contributed by atoms with Crippen LogP contribution in [0.4, 0.5) is 0 Å². The van der Waals surface area contributed by atoms with Gasteiger partial charge in [0.15, 0.2) is 0 Å². The summed E-state index contributed by atoms with van der Waals surface area (Å²) in [6.07, 6.45) is 0.719. The van der Waals surface area contributed by atoms with E-state index >= 15 is 0 Å². The second kappa shape index (κ2) is 6.00. The highest BCUT2D eigenvalue weighted by Crippen LogP contribution is 2.25. The summed E-state index contributed by atoms with van der Waals surface area (Å²) in [5.41, 5.74) is -0.0975. The normalized spacial score (nSPS) is 19.6. The largest absolute Gasteiger partial charge is 0.495 e. The Hall–Kier alpha value is -1.64. The second-order valence-corrected chi connectivity index (χ2v) is 6.72. The zero-order valence-electron chi connectivity index (χ0n) is 11.9.